The van der Waals surface area contributed by atoms with E-state index in [2.05, 4.69) is 26.1 Å². The highest BCUT2D eigenvalue weighted by atomic mass is 16.5. The lowest BCUT2D eigenvalue weighted by atomic mass is 9.86. The summed E-state index contributed by atoms with van der Waals surface area (Å²) in [5.74, 6) is -0.257. The molecule has 1 heterocycles. The number of carbonyl (C=O) groups excluding carboxylic acids is 2. The van der Waals surface area contributed by atoms with Gasteiger partial charge in [0.25, 0.3) is 5.91 Å². The predicted molar refractivity (Wildman–Crippen MR) is 100 cm³/mol. The van der Waals surface area contributed by atoms with Gasteiger partial charge in [0.2, 0.25) is 5.91 Å². The second kappa shape index (κ2) is 8.64. The molecular formula is C20H30N2O4. The highest BCUT2D eigenvalue weighted by Gasteiger charge is 2.29. The molecule has 1 aliphatic rings. The van der Waals surface area contributed by atoms with E-state index in [4.69, 9.17) is 9.47 Å². The van der Waals surface area contributed by atoms with Crippen LogP contribution >= 0.6 is 0 Å². The summed E-state index contributed by atoms with van der Waals surface area (Å²) < 4.78 is 11.2. The SMILES string of the molecule is CN(C)C(=O)CO[C@H]1CCOC[C@H]1NC(=O)c1ccc(C(C)(C)C)cc1. The van der Waals surface area contributed by atoms with Crippen molar-refractivity contribution in [1.29, 1.82) is 0 Å². The summed E-state index contributed by atoms with van der Waals surface area (Å²) in [6.45, 7) is 7.36. The van der Waals surface area contributed by atoms with Crippen molar-refractivity contribution in [3.63, 3.8) is 0 Å². The van der Waals surface area contributed by atoms with Gasteiger partial charge in [-0.25, -0.2) is 0 Å². The molecule has 2 amide bonds. The van der Waals surface area contributed by atoms with Crippen LogP contribution in [0.2, 0.25) is 0 Å². The second-order valence-corrected chi connectivity index (χ2v) is 7.91. The fourth-order valence-corrected chi connectivity index (χ4v) is 2.73. The van der Waals surface area contributed by atoms with Crippen molar-refractivity contribution in [3.05, 3.63) is 35.4 Å². The molecule has 1 aromatic rings. The number of rotatable bonds is 5. The van der Waals surface area contributed by atoms with Crippen molar-refractivity contribution in [3.8, 4) is 0 Å². The van der Waals surface area contributed by atoms with E-state index in [0.717, 1.165) is 0 Å². The lowest BCUT2D eigenvalue weighted by Crippen LogP contribution is -2.51. The quantitative estimate of drug-likeness (QED) is 0.870. The van der Waals surface area contributed by atoms with Gasteiger partial charge in [-0.3, -0.25) is 9.59 Å². The molecule has 0 saturated carbocycles. The molecule has 1 fully saturated rings. The minimum atomic E-state index is -0.270. The van der Waals surface area contributed by atoms with Crippen molar-refractivity contribution in [2.75, 3.05) is 33.9 Å². The van der Waals surface area contributed by atoms with Crippen LogP contribution in [-0.2, 0) is 19.7 Å². The summed E-state index contributed by atoms with van der Waals surface area (Å²) in [4.78, 5) is 25.8. The Morgan fingerprint density at radius 1 is 1.23 bits per heavy atom. The highest BCUT2D eigenvalue weighted by Crippen LogP contribution is 2.22. The van der Waals surface area contributed by atoms with E-state index in [1.54, 1.807) is 14.1 Å². The number of benzene rings is 1. The average Bonchev–Trinajstić information content (AvgIpc) is 2.60. The number of carbonyl (C=O) groups is 2. The lowest BCUT2D eigenvalue weighted by Gasteiger charge is -2.32. The van der Waals surface area contributed by atoms with Crippen LogP contribution in [0.4, 0.5) is 0 Å². The van der Waals surface area contributed by atoms with Gasteiger partial charge in [0, 0.05) is 26.3 Å². The molecule has 0 aromatic heterocycles. The van der Waals surface area contributed by atoms with Crippen molar-refractivity contribution in [2.45, 2.75) is 44.8 Å². The summed E-state index contributed by atoms with van der Waals surface area (Å²) in [5.41, 5.74) is 1.83. The van der Waals surface area contributed by atoms with Crippen LogP contribution in [0.25, 0.3) is 0 Å². The topological polar surface area (TPSA) is 67.9 Å². The molecule has 2 atom stereocenters. The largest absolute Gasteiger partial charge is 0.379 e. The van der Waals surface area contributed by atoms with Crippen LogP contribution in [-0.4, -0.2) is 62.8 Å². The van der Waals surface area contributed by atoms with Gasteiger partial charge in [0.1, 0.15) is 6.61 Å². The van der Waals surface area contributed by atoms with E-state index in [1.165, 1.54) is 10.5 Å². The number of ether oxygens (including phenoxy) is 2. The summed E-state index contributed by atoms with van der Waals surface area (Å²) in [6, 6.07) is 7.37. The van der Waals surface area contributed by atoms with Crippen molar-refractivity contribution in [1.82, 2.24) is 10.2 Å². The molecule has 0 aliphatic carbocycles. The zero-order chi connectivity index (χ0) is 19.3. The van der Waals surface area contributed by atoms with Crippen molar-refractivity contribution in [2.24, 2.45) is 0 Å². The molecule has 0 bridgehead atoms. The Morgan fingerprint density at radius 3 is 2.46 bits per heavy atom. The number of amides is 2. The molecule has 0 unspecified atom stereocenters. The molecule has 6 nitrogen and oxygen atoms in total. The standard InChI is InChI=1S/C20H30N2O4/c1-20(2,3)15-8-6-14(7-9-15)19(24)21-16-12-25-11-10-17(16)26-13-18(23)22(4)5/h6-9,16-17H,10-13H2,1-5H3,(H,21,24)/t16-,17+/m1/s1. The minimum absolute atomic E-state index is 0.00428. The fraction of sp³-hybridized carbons (Fsp3) is 0.600. The van der Waals surface area contributed by atoms with E-state index in [0.29, 0.717) is 25.2 Å². The summed E-state index contributed by atoms with van der Waals surface area (Å²) >= 11 is 0. The van der Waals surface area contributed by atoms with Gasteiger partial charge in [-0.2, -0.15) is 0 Å². The van der Waals surface area contributed by atoms with Gasteiger partial charge in [0.15, 0.2) is 0 Å². The first kappa shape index (κ1) is 20.4. The molecule has 6 heteroatoms. The Kier molecular flexibility index (Phi) is 6.78. The number of nitrogens with zero attached hydrogens (tertiary/aromatic N) is 1. The molecule has 26 heavy (non-hydrogen) atoms. The first-order valence-corrected chi connectivity index (χ1v) is 8.99. The molecule has 1 aromatic carbocycles. The molecule has 1 aliphatic heterocycles. The Morgan fingerprint density at radius 2 is 1.88 bits per heavy atom. The number of nitrogens with one attached hydrogen (secondary N) is 1. The number of likely N-dealkylation sites (N-methyl/N-ethyl adjacent to an activating group) is 1. The first-order chi connectivity index (χ1) is 12.2. The monoisotopic (exact) mass is 362 g/mol. The van der Waals surface area contributed by atoms with Gasteiger partial charge >= 0.3 is 0 Å². The highest BCUT2D eigenvalue weighted by molar-refractivity contribution is 5.94. The van der Waals surface area contributed by atoms with Crippen molar-refractivity contribution >= 4 is 11.8 Å². The summed E-state index contributed by atoms with van der Waals surface area (Å²) in [6.07, 6.45) is 0.416. The third-order valence-electron chi connectivity index (χ3n) is 4.54. The Hall–Kier alpha value is -1.92. The molecule has 144 valence electrons. The Bertz CT molecular complexity index is 620. The van der Waals surface area contributed by atoms with E-state index in [1.807, 2.05) is 24.3 Å². The molecule has 1 saturated heterocycles. The van der Waals surface area contributed by atoms with Gasteiger partial charge in [-0.05, 0) is 29.5 Å². The number of hydrogen-bond donors (Lipinski definition) is 1. The normalized spacial score (nSPS) is 20.5. The molecule has 0 spiro atoms. The van der Waals surface area contributed by atoms with Crippen LogP contribution in [0.3, 0.4) is 0 Å². The summed E-state index contributed by atoms with van der Waals surface area (Å²) in [5, 5.41) is 2.98. The van der Waals surface area contributed by atoms with Crippen molar-refractivity contribution < 1.29 is 19.1 Å². The summed E-state index contributed by atoms with van der Waals surface area (Å²) in [7, 11) is 3.38. The molecule has 1 N–H and O–H groups in total. The smallest absolute Gasteiger partial charge is 0.251 e. The van der Waals surface area contributed by atoms with Gasteiger partial charge in [-0.1, -0.05) is 32.9 Å². The molecular weight excluding hydrogens is 332 g/mol. The third-order valence-corrected chi connectivity index (χ3v) is 4.54. The van der Waals surface area contributed by atoms with Gasteiger partial charge < -0.3 is 19.7 Å². The lowest BCUT2D eigenvalue weighted by molar-refractivity contribution is -0.138. The van der Waals surface area contributed by atoms with Crippen LogP contribution < -0.4 is 5.32 Å². The van der Waals surface area contributed by atoms with E-state index < -0.39 is 0 Å². The fourth-order valence-electron chi connectivity index (χ4n) is 2.73. The van der Waals surface area contributed by atoms with Crippen LogP contribution in [0.5, 0.6) is 0 Å². The Labute approximate surface area is 155 Å². The maximum atomic E-state index is 12.6. The predicted octanol–water partition coefficient (Wildman–Crippen LogP) is 1.98. The first-order valence-electron chi connectivity index (χ1n) is 8.99. The van der Waals surface area contributed by atoms with E-state index >= 15 is 0 Å². The zero-order valence-electron chi connectivity index (χ0n) is 16.4. The van der Waals surface area contributed by atoms with E-state index in [-0.39, 0.29) is 36.0 Å². The third kappa shape index (κ3) is 5.54. The van der Waals surface area contributed by atoms with Gasteiger partial charge in [-0.15, -0.1) is 0 Å². The van der Waals surface area contributed by atoms with Crippen LogP contribution in [0.1, 0.15) is 43.1 Å². The maximum absolute atomic E-state index is 12.6. The maximum Gasteiger partial charge on any atom is 0.251 e. The van der Waals surface area contributed by atoms with E-state index in [9.17, 15) is 9.59 Å². The minimum Gasteiger partial charge on any atom is -0.379 e. The Balaban J connectivity index is 1.97. The zero-order valence-corrected chi connectivity index (χ0v) is 16.4. The molecule has 2 rings (SSSR count). The van der Waals surface area contributed by atoms with Crippen LogP contribution in [0, 0.1) is 0 Å². The average molecular weight is 362 g/mol. The molecule has 0 radical (unpaired) electrons. The van der Waals surface area contributed by atoms with Crippen LogP contribution in [0.15, 0.2) is 24.3 Å². The number of hydrogen-bond acceptors (Lipinski definition) is 4. The second-order valence-electron chi connectivity index (χ2n) is 7.91. The van der Waals surface area contributed by atoms with Gasteiger partial charge in [0.05, 0.1) is 18.8 Å².